The van der Waals surface area contributed by atoms with Gasteiger partial charge >= 0.3 is 17.8 Å². The standard InChI is InChI=1S/C20H21N3O6/c1-2-11-28-16-9-7-15(8-10-16)22-19(26)20(27)23-21-12-14-5-3-4-6-17(14)29-13-18(24)25/h3-10,12H,2,11,13H2,1H3,(H,22,26)(H,23,27)(H,24,25)/b21-12-. The number of aliphatic carboxylic acids is 1. The third kappa shape index (κ3) is 7.33. The van der Waals surface area contributed by atoms with E-state index in [1.165, 1.54) is 6.21 Å². The van der Waals surface area contributed by atoms with Gasteiger partial charge in [0.05, 0.1) is 12.8 Å². The Balaban J connectivity index is 1.88. The molecule has 2 rings (SSSR count). The van der Waals surface area contributed by atoms with E-state index in [4.69, 9.17) is 14.6 Å². The quantitative estimate of drug-likeness (QED) is 0.336. The molecule has 0 aromatic heterocycles. The van der Waals surface area contributed by atoms with Crippen LogP contribution < -0.4 is 20.2 Å². The number of ether oxygens (including phenoxy) is 2. The van der Waals surface area contributed by atoms with E-state index in [0.29, 0.717) is 23.6 Å². The van der Waals surface area contributed by atoms with Gasteiger partial charge in [0.25, 0.3) is 0 Å². The lowest BCUT2D eigenvalue weighted by Crippen LogP contribution is -2.32. The number of carbonyl (C=O) groups excluding carboxylic acids is 2. The van der Waals surface area contributed by atoms with Gasteiger partial charge < -0.3 is 19.9 Å². The number of nitrogens with one attached hydrogen (secondary N) is 2. The highest BCUT2D eigenvalue weighted by atomic mass is 16.5. The molecule has 0 radical (unpaired) electrons. The molecule has 0 atom stereocenters. The fourth-order valence-corrected chi connectivity index (χ4v) is 2.11. The van der Waals surface area contributed by atoms with Gasteiger partial charge in [-0.2, -0.15) is 5.10 Å². The molecular formula is C20H21N3O6. The zero-order valence-corrected chi connectivity index (χ0v) is 15.8. The van der Waals surface area contributed by atoms with Crippen molar-refractivity contribution >= 4 is 29.7 Å². The van der Waals surface area contributed by atoms with Gasteiger partial charge in [0.1, 0.15) is 11.5 Å². The van der Waals surface area contributed by atoms with Crippen molar-refractivity contribution in [2.45, 2.75) is 13.3 Å². The molecule has 0 aliphatic rings. The number of carboxylic acid groups (broad SMARTS) is 1. The van der Waals surface area contributed by atoms with Crippen LogP contribution in [0.1, 0.15) is 18.9 Å². The third-order valence-corrected chi connectivity index (χ3v) is 3.43. The average molecular weight is 399 g/mol. The Kier molecular flexibility index (Phi) is 8.18. The smallest absolute Gasteiger partial charge is 0.341 e. The third-order valence-electron chi connectivity index (χ3n) is 3.43. The van der Waals surface area contributed by atoms with Gasteiger partial charge in [-0.25, -0.2) is 10.2 Å². The van der Waals surface area contributed by atoms with Crippen LogP contribution in [0.2, 0.25) is 0 Å². The van der Waals surface area contributed by atoms with E-state index < -0.39 is 24.4 Å². The molecule has 2 aromatic carbocycles. The topological polar surface area (TPSA) is 126 Å². The van der Waals surface area contributed by atoms with Crippen LogP contribution in [0, 0.1) is 0 Å². The predicted octanol–water partition coefficient (Wildman–Crippen LogP) is 2.03. The molecule has 0 saturated carbocycles. The number of carboxylic acids is 1. The SMILES string of the molecule is CCCOc1ccc(NC(=O)C(=O)N/N=C\c2ccccc2OCC(=O)O)cc1. The Labute approximate surface area is 167 Å². The van der Waals surface area contributed by atoms with Crippen molar-refractivity contribution in [3.8, 4) is 11.5 Å². The molecule has 29 heavy (non-hydrogen) atoms. The molecule has 9 nitrogen and oxygen atoms in total. The van der Waals surface area contributed by atoms with Gasteiger partial charge in [-0.05, 0) is 42.8 Å². The molecule has 0 saturated heterocycles. The minimum Gasteiger partial charge on any atom is -0.494 e. The van der Waals surface area contributed by atoms with Crippen molar-refractivity contribution < 1.29 is 29.0 Å². The first kappa shape index (κ1) is 21.4. The second kappa shape index (κ2) is 11.1. The van der Waals surface area contributed by atoms with Crippen molar-refractivity contribution in [2.24, 2.45) is 5.10 Å². The van der Waals surface area contributed by atoms with Gasteiger partial charge in [0.2, 0.25) is 0 Å². The summed E-state index contributed by atoms with van der Waals surface area (Å²) >= 11 is 0. The fraction of sp³-hybridized carbons (Fsp3) is 0.200. The Morgan fingerprint density at radius 2 is 1.76 bits per heavy atom. The highest BCUT2D eigenvalue weighted by Gasteiger charge is 2.13. The Hall–Kier alpha value is -3.88. The minimum atomic E-state index is -1.12. The fourth-order valence-electron chi connectivity index (χ4n) is 2.11. The Morgan fingerprint density at radius 1 is 1.03 bits per heavy atom. The van der Waals surface area contributed by atoms with Gasteiger partial charge in [0, 0.05) is 11.3 Å². The lowest BCUT2D eigenvalue weighted by atomic mass is 10.2. The summed E-state index contributed by atoms with van der Waals surface area (Å²) in [5.41, 5.74) is 2.98. The molecule has 0 aliphatic carbocycles. The highest BCUT2D eigenvalue weighted by molar-refractivity contribution is 6.39. The monoisotopic (exact) mass is 399 g/mol. The molecule has 0 bridgehead atoms. The maximum atomic E-state index is 11.9. The van der Waals surface area contributed by atoms with E-state index in [-0.39, 0.29) is 5.75 Å². The van der Waals surface area contributed by atoms with Crippen molar-refractivity contribution in [2.75, 3.05) is 18.5 Å². The molecule has 2 aromatic rings. The molecule has 0 spiro atoms. The molecular weight excluding hydrogens is 378 g/mol. The van der Waals surface area contributed by atoms with Crippen molar-refractivity contribution in [1.29, 1.82) is 0 Å². The number of benzene rings is 2. The van der Waals surface area contributed by atoms with Crippen LogP contribution in [0.15, 0.2) is 53.6 Å². The van der Waals surface area contributed by atoms with Crippen LogP contribution >= 0.6 is 0 Å². The van der Waals surface area contributed by atoms with Crippen molar-refractivity contribution in [1.82, 2.24) is 5.43 Å². The number of para-hydroxylation sites is 1. The minimum absolute atomic E-state index is 0.280. The maximum Gasteiger partial charge on any atom is 0.341 e. The van der Waals surface area contributed by atoms with Crippen LogP contribution in [-0.4, -0.2) is 42.3 Å². The summed E-state index contributed by atoms with van der Waals surface area (Å²) in [4.78, 5) is 34.4. The summed E-state index contributed by atoms with van der Waals surface area (Å²) < 4.78 is 10.6. The second-order valence-corrected chi connectivity index (χ2v) is 5.75. The highest BCUT2D eigenvalue weighted by Crippen LogP contribution is 2.16. The molecule has 0 aliphatic heterocycles. The van der Waals surface area contributed by atoms with Crippen LogP contribution in [-0.2, 0) is 14.4 Å². The number of amides is 2. The van der Waals surface area contributed by atoms with Crippen molar-refractivity contribution in [3.05, 3.63) is 54.1 Å². The largest absolute Gasteiger partial charge is 0.494 e. The van der Waals surface area contributed by atoms with Crippen LogP contribution in [0.5, 0.6) is 11.5 Å². The van der Waals surface area contributed by atoms with Gasteiger partial charge in [-0.3, -0.25) is 9.59 Å². The van der Waals surface area contributed by atoms with Crippen LogP contribution in [0.25, 0.3) is 0 Å². The van der Waals surface area contributed by atoms with Crippen molar-refractivity contribution in [3.63, 3.8) is 0 Å². The Morgan fingerprint density at radius 3 is 2.45 bits per heavy atom. The average Bonchev–Trinajstić information content (AvgIpc) is 2.72. The van der Waals surface area contributed by atoms with Crippen LogP contribution in [0.4, 0.5) is 5.69 Å². The predicted molar refractivity (Wildman–Crippen MR) is 106 cm³/mol. The molecule has 0 unspecified atom stereocenters. The molecule has 0 heterocycles. The molecule has 3 N–H and O–H groups in total. The number of nitrogens with zero attached hydrogens (tertiary/aromatic N) is 1. The lowest BCUT2D eigenvalue weighted by molar-refractivity contribution is -0.139. The van der Waals surface area contributed by atoms with Gasteiger partial charge in [-0.15, -0.1) is 0 Å². The summed E-state index contributed by atoms with van der Waals surface area (Å²) in [7, 11) is 0. The molecule has 9 heteroatoms. The second-order valence-electron chi connectivity index (χ2n) is 5.75. The summed E-state index contributed by atoms with van der Waals surface area (Å²) in [6, 6.07) is 13.2. The zero-order valence-electron chi connectivity index (χ0n) is 15.8. The van der Waals surface area contributed by atoms with E-state index >= 15 is 0 Å². The normalized spacial score (nSPS) is 10.4. The van der Waals surface area contributed by atoms with E-state index in [2.05, 4.69) is 15.8 Å². The Bertz CT molecular complexity index is 880. The summed E-state index contributed by atoms with van der Waals surface area (Å²) in [6.45, 7) is 2.08. The first-order valence-corrected chi connectivity index (χ1v) is 8.80. The number of rotatable bonds is 9. The number of hydrazone groups is 1. The van der Waals surface area contributed by atoms with Gasteiger partial charge in [0.15, 0.2) is 6.61 Å². The number of hydrogen-bond donors (Lipinski definition) is 3. The van der Waals surface area contributed by atoms with E-state index in [0.717, 1.165) is 6.42 Å². The molecule has 0 fully saturated rings. The molecule has 152 valence electrons. The summed E-state index contributed by atoms with van der Waals surface area (Å²) in [6.07, 6.45) is 2.14. The van der Waals surface area contributed by atoms with E-state index in [9.17, 15) is 14.4 Å². The van der Waals surface area contributed by atoms with Gasteiger partial charge in [-0.1, -0.05) is 19.1 Å². The maximum absolute atomic E-state index is 11.9. The van der Waals surface area contributed by atoms with E-state index in [1.807, 2.05) is 6.92 Å². The van der Waals surface area contributed by atoms with Crippen LogP contribution in [0.3, 0.4) is 0 Å². The van der Waals surface area contributed by atoms with E-state index in [1.54, 1.807) is 48.5 Å². The number of carbonyl (C=O) groups is 3. The first-order valence-electron chi connectivity index (χ1n) is 8.80. The summed E-state index contributed by atoms with van der Waals surface area (Å²) in [5, 5.41) is 14.8. The number of hydrogen-bond acceptors (Lipinski definition) is 6. The number of anilines is 1. The first-order chi connectivity index (χ1) is 14.0. The zero-order chi connectivity index (χ0) is 21.1. The molecule has 2 amide bonds. The summed E-state index contributed by atoms with van der Waals surface area (Å²) in [5.74, 6) is -2.02. The lowest BCUT2D eigenvalue weighted by Gasteiger charge is -2.07.